The van der Waals surface area contributed by atoms with Crippen molar-refractivity contribution < 1.29 is 4.79 Å². The molecule has 26 heavy (non-hydrogen) atoms. The number of amides is 1. The Morgan fingerprint density at radius 2 is 1.81 bits per heavy atom. The molecule has 2 aromatic heterocycles. The highest BCUT2D eigenvalue weighted by Crippen LogP contribution is 2.27. The fourth-order valence-corrected chi connectivity index (χ4v) is 3.13. The Bertz CT molecular complexity index is 921. The number of carbonyl (C=O) groups excluding carboxylic acids is 1. The summed E-state index contributed by atoms with van der Waals surface area (Å²) in [5.74, 6) is 0.0269. The van der Waals surface area contributed by atoms with E-state index in [-0.39, 0.29) is 11.9 Å². The van der Waals surface area contributed by atoms with Crippen molar-refractivity contribution in [3.63, 3.8) is 0 Å². The van der Waals surface area contributed by atoms with Crippen molar-refractivity contribution in [2.45, 2.75) is 40.7 Å². The number of carbonyl (C=O) groups is 1. The van der Waals surface area contributed by atoms with E-state index in [0.717, 1.165) is 22.3 Å². The molecule has 3 aromatic rings. The van der Waals surface area contributed by atoms with Gasteiger partial charge in [-0.15, -0.1) is 0 Å². The van der Waals surface area contributed by atoms with Crippen LogP contribution in [0.3, 0.4) is 0 Å². The van der Waals surface area contributed by atoms with Gasteiger partial charge < -0.3 is 4.90 Å². The van der Waals surface area contributed by atoms with E-state index in [1.165, 1.54) is 5.56 Å². The van der Waals surface area contributed by atoms with Crippen molar-refractivity contribution in [3.8, 4) is 11.3 Å². The monoisotopic (exact) mass is 350 g/mol. The summed E-state index contributed by atoms with van der Waals surface area (Å²) in [7, 11) is 0. The molecule has 1 aromatic carbocycles. The number of hydrogen-bond acceptors (Lipinski definition) is 3. The highest BCUT2D eigenvalue weighted by molar-refractivity contribution is 6.06. The van der Waals surface area contributed by atoms with Gasteiger partial charge in [0.2, 0.25) is 0 Å². The van der Waals surface area contributed by atoms with Gasteiger partial charge in [-0.05, 0) is 40.7 Å². The lowest BCUT2D eigenvalue weighted by atomic mass is 10.0. The number of hydrogen-bond donors (Lipinski definition) is 0. The van der Waals surface area contributed by atoms with Gasteiger partial charge in [0.25, 0.3) is 5.91 Å². The fraction of sp³-hybridized carbons (Fsp3) is 0.381. The second-order valence-electron chi connectivity index (χ2n) is 6.82. The molecule has 0 fully saturated rings. The van der Waals surface area contributed by atoms with E-state index < -0.39 is 0 Å². The summed E-state index contributed by atoms with van der Waals surface area (Å²) in [6.07, 6.45) is 1.76. The van der Waals surface area contributed by atoms with Crippen molar-refractivity contribution in [2.24, 2.45) is 0 Å². The first-order valence-electron chi connectivity index (χ1n) is 9.20. The van der Waals surface area contributed by atoms with Gasteiger partial charge in [0.1, 0.15) is 0 Å². The molecular weight excluding hydrogens is 324 g/mol. The van der Waals surface area contributed by atoms with Gasteiger partial charge in [-0.2, -0.15) is 5.10 Å². The van der Waals surface area contributed by atoms with Crippen LogP contribution in [0.1, 0.15) is 49.7 Å². The molecule has 0 bridgehead atoms. The molecule has 0 aliphatic carbocycles. The second-order valence-corrected chi connectivity index (χ2v) is 6.82. The third kappa shape index (κ3) is 3.21. The highest BCUT2D eigenvalue weighted by atomic mass is 16.2. The number of aryl methyl sites for hydroxylation is 1. The Morgan fingerprint density at radius 3 is 2.38 bits per heavy atom. The lowest BCUT2D eigenvalue weighted by Gasteiger charge is -2.19. The molecule has 0 atom stereocenters. The minimum Gasteiger partial charge on any atom is -0.339 e. The first kappa shape index (κ1) is 18.1. The van der Waals surface area contributed by atoms with E-state index in [2.05, 4.69) is 38.0 Å². The molecule has 5 nitrogen and oxygen atoms in total. The Kier molecular flexibility index (Phi) is 5.07. The number of pyridine rings is 1. The number of nitrogens with zero attached hydrogens (tertiary/aromatic N) is 4. The van der Waals surface area contributed by atoms with Gasteiger partial charge in [-0.25, -0.2) is 9.67 Å². The van der Waals surface area contributed by atoms with Crippen LogP contribution in [0.25, 0.3) is 22.3 Å². The van der Waals surface area contributed by atoms with E-state index in [4.69, 9.17) is 4.98 Å². The average molecular weight is 350 g/mol. The van der Waals surface area contributed by atoms with Crippen molar-refractivity contribution >= 4 is 16.9 Å². The van der Waals surface area contributed by atoms with E-state index in [1.807, 2.05) is 41.6 Å². The molecule has 0 saturated heterocycles. The topological polar surface area (TPSA) is 51.0 Å². The van der Waals surface area contributed by atoms with E-state index in [0.29, 0.717) is 18.7 Å². The summed E-state index contributed by atoms with van der Waals surface area (Å²) in [6, 6.07) is 10.3. The quantitative estimate of drug-likeness (QED) is 0.682. The number of aromatic nitrogens is 3. The van der Waals surface area contributed by atoms with Crippen LogP contribution in [0.15, 0.2) is 36.5 Å². The van der Waals surface area contributed by atoms with Crippen LogP contribution < -0.4 is 0 Å². The summed E-state index contributed by atoms with van der Waals surface area (Å²) < 4.78 is 1.88. The molecule has 2 heterocycles. The maximum Gasteiger partial charge on any atom is 0.254 e. The lowest BCUT2D eigenvalue weighted by molar-refractivity contribution is 0.0775. The van der Waals surface area contributed by atoms with Crippen LogP contribution in [0.4, 0.5) is 0 Å². The molecule has 0 unspecified atom stereocenters. The highest BCUT2D eigenvalue weighted by Gasteiger charge is 2.21. The van der Waals surface area contributed by atoms with E-state index >= 15 is 0 Å². The molecule has 0 radical (unpaired) electrons. The van der Waals surface area contributed by atoms with Gasteiger partial charge in [-0.1, -0.05) is 29.8 Å². The van der Waals surface area contributed by atoms with Crippen LogP contribution in [0.5, 0.6) is 0 Å². The zero-order chi connectivity index (χ0) is 18.8. The second kappa shape index (κ2) is 7.28. The number of rotatable bonds is 5. The summed E-state index contributed by atoms with van der Waals surface area (Å²) in [5, 5.41) is 5.29. The summed E-state index contributed by atoms with van der Waals surface area (Å²) >= 11 is 0. The number of benzene rings is 1. The molecule has 1 amide bonds. The molecule has 0 aliphatic heterocycles. The van der Waals surface area contributed by atoms with Gasteiger partial charge in [0.05, 0.1) is 22.8 Å². The van der Waals surface area contributed by atoms with Crippen molar-refractivity contribution in [1.82, 2.24) is 19.7 Å². The normalized spacial score (nSPS) is 11.3. The van der Waals surface area contributed by atoms with E-state index in [1.54, 1.807) is 6.20 Å². The molecule has 0 aliphatic rings. The first-order chi connectivity index (χ1) is 12.5. The predicted molar refractivity (Wildman–Crippen MR) is 105 cm³/mol. The first-order valence-corrected chi connectivity index (χ1v) is 9.20. The van der Waals surface area contributed by atoms with Crippen LogP contribution in [-0.4, -0.2) is 38.7 Å². The Balaban J connectivity index is 2.25. The predicted octanol–water partition coefficient (Wildman–Crippen LogP) is 4.47. The minimum atomic E-state index is 0.0269. The molecular formula is C21H26N4O. The Labute approximate surface area is 154 Å². The van der Waals surface area contributed by atoms with Crippen LogP contribution in [0, 0.1) is 6.92 Å². The lowest BCUT2D eigenvalue weighted by Crippen LogP contribution is -2.30. The molecule has 136 valence electrons. The van der Waals surface area contributed by atoms with Crippen molar-refractivity contribution in [2.75, 3.05) is 13.1 Å². The Morgan fingerprint density at radius 1 is 1.15 bits per heavy atom. The zero-order valence-electron chi connectivity index (χ0n) is 16.2. The fourth-order valence-electron chi connectivity index (χ4n) is 3.13. The van der Waals surface area contributed by atoms with Crippen molar-refractivity contribution in [3.05, 3.63) is 47.7 Å². The SMILES string of the molecule is CCN(CC)C(=O)c1cc(-c2ccc(C)cc2)nc2c1cnn2C(C)C. The van der Waals surface area contributed by atoms with Gasteiger partial charge >= 0.3 is 0 Å². The minimum absolute atomic E-state index is 0.0269. The molecule has 0 saturated carbocycles. The average Bonchev–Trinajstić information content (AvgIpc) is 3.06. The third-order valence-electron chi connectivity index (χ3n) is 4.68. The summed E-state index contributed by atoms with van der Waals surface area (Å²) in [5.41, 5.74) is 4.43. The molecule has 0 N–H and O–H groups in total. The summed E-state index contributed by atoms with van der Waals surface area (Å²) in [6.45, 7) is 11.5. The van der Waals surface area contributed by atoms with Gasteiger partial charge in [0, 0.05) is 24.7 Å². The molecule has 5 heteroatoms. The molecule has 3 rings (SSSR count). The van der Waals surface area contributed by atoms with Gasteiger partial charge in [0.15, 0.2) is 5.65 Å². The number of fused-ring (bicyclic) bond motifs is 1. The van der Waals surface area contributed by atoms with Crippen molar-refractivity contribution in [1.29, 1.82) is 0 Å². The van der Waals surface area contributed by atoms with Crippen LogP contribution in [0.2, 0.25) is 0 Å². The van der Waals surface area contributed by atoms with Crippen LogP contribution >= 0.6 is 0 Å². The largest absolute Gasteiger partial charge is 0.339 e. The van der Waals surface area contributed by atoms with E-state index in [9.17, 15) is 4.79 Å². The maximum absolute atomic E-state index is 13.1. The smallest absolute Gasteiger partial charge is 0.254 e. The van der Waals surface area contributed by atoms with Crippen LogP contribution in [-0.2, 0) is 0 Å². The van der Waals surface area contributed by atoms with Gasteiger partial charge in [-0.3, -0.25) is 4.79 Å². The maximum atomic E-state index is 13.1. The molecule has 0 spiro atoms. The summed E-state index contributed by atoms with van der Waals surface area (Å²) in [4.78, 5) is 19.8. The third-order valence-corrected chi connectivity index (χ3v) is 4.68. The zero-order valence-corrected chi connectivity index (χ0v) is 16.2. The standard InChI is InChI=1S/C21H26N4O/c1-6-24(7-2)21(26)17-12-19(16-10-8-15(5)9-11-16)23-20-18(17)13-22-25(20)14(3)4/h8-14H,6-7H2,1-5H3. The Hall–Kier alpha value is -2.69.